The molecular weight excluding hydrogens is 386 g/mol. The van der Waals surface area contributed by atoms with E-state index in [2.05, 4.69) is 20.5 Å². The van der Waals surface area contributed by atoms with E-state index >= 15 is 0 Å². The third-order valence-electron chi connectivity index (χ3n) is 4.28. The van der Waals surface area contributed by atoms with E-state index in [-0.39, 0.29) is 24.0 Å². The molecule has 1 amide bonds. The molecule has 0 radical (unpaired) electrons. The Kier molecular flexibility index (Phi) is 8.86. The lowest BCUT2D eigenvalue weighted by Crippen LogP contribution is -2.34. The summed E-state index contributed by atoms with van der Waals surface area (Å²) in [6, 6.07) is 6.75. The molecule has 162 valence electrons. The molecule has 9 heteroatoms. The summed E-state index contributed by atoms with van der Waals surface area (Å²) < 4.78 is 11.3. The van der Waals surface area contributed by atoms with E-state index in [1.165, 1.54) is 6.07 Å². The minimum atomic E-state index is -0.237. The Bertz CT molecular complexity index is 922. The summed E-state index contributed by atoms with van der Waals surface area (Å²) in [5, 5.41) is 4.11. The van der Waals surface area contributed by atoms with Gasteiger partial charge >= 0.3 is 0 Å². The van der Waals surface area contributed by atoms with Crippen LogP contribution >= 0.6 is 0 Å². The summed E-state index contributed by atoms with van der Waals surface area (Å²) in [6.45, 7) is 9.33. The maximum absolute atomic E-state index is 12.2. The number of hydrogen-bond donors (Lipinski definition) is 2. The number of hydrazone groups is 1. The van der Waals surface area contributed by atoms with Crippen molar-refractivity contribution in [3.8, 4) is 11.5 Å². The number of nitrogens with one attached hydrogen (secondary N) is 2. The van der Waals surface area contributed by atoms with Gasteiger partial charge in [0.1, 0.15) is 0 Å². The van der Waals surface area contributed by atoms with Crippen molar-refractivity contribution in [2.24, 2.45) is 5.10 Å². The largest absolute Gasteiger partial charge is 0.490 e. The first-order valence-electron chi connectivity index (χ1n) is 10.1. The molecule has 0 bridgehead atoms. The highest BCUT2D eigenvalue weighted by atomic mass is 16.5. The molecule has 1 aromatic heterocycles. The fraction of sp³-hybridized carbons (Fsp3) is 0.429. The lowest BCUT2D eigenvalue weighted by atomic mass is 10.2. The Morgan fingerprint density at radius 1 is 1.17 bits per heavy atom. The lowest BCUT2D eigenvalue weighted by molar-refractivity contribution is -0.132. The Morgan fingerprint density at radius 3 is 2.60 bits per heavy atom. The molecule has 1 aromatic carbocycles. The number of amides is 1. The van der Waals surface area contributed by atoms with E-state index < -0.39 is 0 Å². The van der Waals surface area contributed by atoms with Crippen molar-refractivity contribution in [1.29, 1.82) is 0 Å². The summed E-state index contributed by atoms with van der Waals surface area (Å²) in [6.07, 6.45) is 2.23. The minimum absolute atomic E-state index is 0.0520. The van der Waals surface area contributed by atoms with E-state index in [9.17, 15) is 9.59 Å². The summed E-state index contributed by atoms with van der Waals surface area (Å²) in [5.74, 6) is 1.21. The number of rotatable bonds is 11. The number of H-pyrrole nitrogens is 1. The number of aromatic nitrogens is 2. The third-order valence-corrected chi connectivity index (χ3v) is 4.28. The summed E-state index contributed by atoms with van der Waals surface area (Å²) >= 11 is 0. The molecule has 9 nitrogen and oxygen atoms in total. The van der Waals surface area contributed by atoms with Gasteiger partial charge in [0, 0.05) is 24.8 Å². The zero-order valence-electron chi connectivity index (χ0n) is 17.9. The molecule has 0 fully saturated rings. The first-order valence-corrected chi connectivity index (χ1v) is 10.1. The van der Waals surface area contributed by atoms with Crippen molar-refractivity contribution in [3.63, 3.8) is 0 Å². The van der Waals surface area contributed by atoms with Gasteiger partial charge in [-0.25, -0.2) is 10.4 Å². The van der Waals surface area contributed by atoms with Gasteiger partial charge in [0.2, 0.25) is 5.95 Å². The van der Waals surface area contributed by atoms with Crippen molar-refractivity contribution in [3.05, 3.63) is 45.9 Å². The molecule has 0 unspecified atom stereocenters. The summed E-state index contributed by atoms with van der Waals surface area (Å²) in [7, 11) is 0. The molecule has 2 N–H and O–H groups in total. The molecule has 0 aliphatic carbocycles. The fourth-order valence-corrected chi connectivity index (χ4v) is 2.71. The average Bonchev–Trinajstić information content (AvgIpc) is 2.74. The number of hydrogen-bond acceptors (Lipinski definition) is 7. The second-order valence-corrected chi connectivity index (χ2v) is 6.30. The number of ether oxygens (including phenoxy) is 2. The molecule has 0 atom stereocenters. The van der Waals surface area contributed by atoms with Crippen LogP contribution in [0.3, 0.4) is 0 Å². The number of carbonyl (C=O) groups is 1. The minimum Gasteiger partial charge on any atom is -0.490 e. The Labute approximate surface area is 176 Å². The van der Waals surface area contributed by atoms with Gasteiger partial charge in [0.25, 0.3) is 11.5 Å². The molecule has 30 heavy (non-hydrogen) atoms. The standard InChI is InChI=1S/C21H29N5O4/c1-5-16-12-19(27)24-21(23-16)25-22-13-15-9-10-17(18(11-15)29-8-4)30-14-20(28)26(6-2)7-3/h9-13H,5-8,14H2,1-4H3,(H2,23,24,25,27)/b22-13-. The van der Waals surface area contributed by atoms with Crippen LogP contribution in [0.2, 0.25) is 0 Å². The van der Waals surface area contributed by atoms with E-state index in [1.807, 2.05) is 27.7 Å². The molecule has 0 spiro atoms. The van der Waals surface area contributed by atoms with Gasteiger partial charge in [-0.3, -0.25) is 14.6 Å². The first-order chi connectivity index (χ1) is 14.5. The van der Waals surface area contributed by atoms with Crippen LogP contribution in [0.15, 0.2) is 34.2 Å². The predicted molar refractivity (Wildman–Crippen MR) is 116 cm³/mol. The highest BCUT2D eigenvalue weighted by Gasteiger charge is 2.12. The zero-order valence-corrected chi connectivity index (χ0v) is 17.9. The highest BCUT2D eigenvalue weighted by Crippen LogP contribution is 2.28. The normalized spacial score (nSPS) is 10.8. The van der Waals surface area contributed by atoms with Crippen LogP contribution in [-0.4, -0.2) is 53.3 Å². The first kappa shape index (κ1) is 22.9. The van der Waals surface area contributed by atoms with Gasteiger partial charge in [-0.2, -0.15) is 5.10 Å². The van der Waals surface area contributed by atoms with Crippen LogP contribution in [0, 0.1) is 0 Å². The van der Waals surface area contributed by atoms with Gasteiger partial charge in [0.15, 0.2) is 18.1 Å². The predicted octanol–water partition coefficient (Wildman–Crippen LogP) is 2.42. The number of nitrogens with zero attached hydrogens (tertiary/aromatic N) is 3. The highest BCUT2D eigenvalue weighted by molar-refractivity contribution is 5.81. The van der Waals surface area contributed by atoms with Crippen molar-refractivity contribution >= 4 is 18.1 Å². The maximum atomic E-state index is 12.2. The smallest absolute Gasteiger partial charge is 0.260 e. The van der Waals surface area contributed by atoms with Crippen molar-refractivity contribution < 1.29 is 14.3 Å². The fourth-order valence-electron chi connectivity index (χ4n) is 2.71. The molecule has 0 aliphatic heterocycles. The number of carbonyl (C=O) groups excluding carboxylic acids is 1. The van der Waals surface area contributed by atoms with Crippen LogP contribution in [-0.2, 0) is 11.2 Å². The van der Waals surface area contributed by atoms with Crippen LogP contribution in [0.4, 0.5) is 5.95 Å². The third kappa shape index (κ3) is 6.61. The Morgan fingerprint density at radius 2 is 1.93 bits per heavy atom. The molecule has 0 saturated carbocycles. The van der Waals surface area contributed by atoms with Crippen molar-refractivity contribution in [2.45, 2.75) is 34.1 Å². The molecule has 2 aromatic rings. The number of benzene rings is 1. The van der Waals surface area contributed by atoms with E-state index in [1.54, 1.807) is 29.3 Å². The number of aryl methyl sites for hydroxylation is 1. The quantitative estimate of drug-likeness (QED) is 0.431. The SMILES string of the molecule is CCOc1cc(/C=N\Nc2nc(CC)cc(=O)[nH]2)ccc1OCC(=O)N(CC)CC. The van der Waals surface area contributed by atoms with E-state index in [0.29, 0.717) is 43.3 Å². The second-order valence-electron chi connectivity index (χ2n) is 6.30. The Balaban J connectivity index is 2.08. The summed E-state index contributed by atoms with van der Waals surface area (Å²) in [5.41, 5.74) is 3.91. The van der Waals surface area contributed by atoms with Gasteiger partial charge in [0.05, 0.1) is 12.8 Å². The van der Waals surface area contributed by atoms with Gasteiger partial charge in [-0.1, -0.05) is 6.92 Å². The lowest BCUT2D eigenvalue weighted by Gasteiger charge is -2.19. The second kappa shape index (κ2) is 11.6. The van der Waals surface area contributed by atoms with E-state index in [0.717, 1.165) is 5.56 Å². The van der Waals surface area contributed by atoms with Crippen LogP contribution in [0.5, 0.6) is 11.5 Å². The maximum Gasteiger partial charge on any atom is 0.260 e. The van der Waals surface area contributed by atoms with E-state index in [4.69, 9.17) is 9.47 Å². The molecule has 0 saturated heterocycles. The topological polar surface area (TPSA) is 109 Å². The average molecular weight is 415 g/mol. The number of aromatic amines is 1. The van der Waals surface area contributed by atoms with Crippen molar-refractivity contribution in [2.75, 3.05) is 31.7 Å². The summed E-state index contributed by atoms with van der Waals surface area (Å²) in [4.78, 5) is 32.3. The Hall–Kier alpha value is -3.36. The number of likely N-dealkylation sites (N-methyl/N-ethyl adjacent to an activating group) is 1. The van der Waals surface area contributed by atoms with Gasteiger partial charge in [-0.05, 0) is 51.0 Å². The molecule has 1 heterocycles. The van der Waals surface area contributed by atoms with Crippen LogP contribution in [0.1, 0.15) is 39.0 Å². The molecule has 0 aliphatic rings. The molecular formula is C21H29N5O4. The zero-order chi connectivity index (χ0) is 21.9. The monoisotopic (exact) mass is 415 g/mol. The van der Waals surface area contributed by atoms with Crippen LogP contribution < -0.4 is 20.5 Å². The van der Waals surface area contributed by atoms with Gasteiger partial charge in [-0.15, -0.1) is 0 Å². The van der Waals surface area contributed by atoms with Crippen LogP contribution in [0.25, 0.3) is 0 Å². The van der Waals surface area contributed by atoms with Gasteiger partial charge < -0.3 is 14.4 Å². The molecule has 2 rings (SSSR count). The number of anilines is 1. The van der Waals surface area contributed by atoms with Crippen molar-refractivity contribution in [1.82, 2.24) is 14.9 Å².